The molecule has 0 bridgehead atoms. The third-order valence-corrected chi connectivity index (χ3v) is 3.57. The average molecular weight is 236 g/mol. The summed E-state index contributed by atoms with van der Waals surface area (Å²) in [7, 11) is 0. The summed E-state index contributed by atoms with van der Waals surface area (Å²) in [6.07, 6.45) is 1.67. The molecule has 1 saturated heterocycles. The van der Waals surface area contributed by atoms with Gasteiger partial charge >= 0.3 is 0 Å². The Morgan fingerprint density at radius 1 is 1.62 bits per heavy atom. The molecule has 0 amide bonds. The Bertz CT molecular complexity index is 364. The summed E-state index contributed by atoms with van der Waals surface area (Å²) in [5, 5.41) is 12.3. The Kier molecular flexibility index (Phi) is 3.77. The van der Waals surface area contributed by atoms with Crippen LogP contribution < -0.4 is 5.32 Å². The van der Waals surface area contributed by atoms with Crippen molar-refractivity contribution in [3.63, 3.8) is 0 Å². The first-order valence-corrected chi connectivity index (χ1v) is 6.44. The van der Waals surface area contributed by atoms with Gasteiger partial charge in [0.2, 0.25) is 0 Å². The van der Waals surface area contributed by atoms with Gasteiger partial charge in [-0.2, -0.15) is 10.2 Å². The van der Waals surface area contributed by atoms with Gasteiger partial charge < -0.3 is 5.32 Å². The van der Waals surface area contributed by atoms with Crippen molar-refractivity contribution in [3.05, 3.63) is 24.0 Å². The Balaban J connectivity index is 1.90. The lowest BCUT2D eigenvalue weighted by Crippen LogP contribution is -2.31. The van der Waals surface area contributed by atoms with E-state index in [1.54, 1.807) is 18.0 Å². The van der Waals surface area contributed by atoms with Gasteiger partial charge in [-0.3, -0.25) is 4.99 Å². The zero-order chi connectivity index (χ0) is 11.4. The summed E-state index contributed by atoms with van der Waals surface area (Å²) in [6, 6.07) is 4.37. The summed E-state index contributed by atoms with van der Waals surface area (Å²) in [5.41, 5.74) is 0.908. The summed E-state index contributed by atoms with van der Waals surface area (Å²) >= 11 is 1.79. The third-order valence-electron chi connectivity index (χ3n) is 2.53. The van der Waals surface area contributed by atoms with Crippen molar-refractivity contribution < 1.29 is 0 Å². The van der Waals surface area contributed by atoms with Crippen LogP contribution in [0.25, 0.3) is 0 Å². The minimum Gasteiger partial charge on any atom is -0.361 e. The largest absolute Gasteiger partial charge is 0.361 e. The monoisotopic (exact) mass is 236 g/mol. The fourth-order valence-electron chi connectivity index (χ4n) is 1.43. The van der Waals surface area contributed by atoms with Crippen LogP contribution in [0.5, 0.6) is 0 Å². The lowest BCUT2D eigenvalue weighted by molar-refractivity contribution is 0.503. The fraction of sp³-hybridized carbons (Fsp3) is 0.545. The number of aromatic nitrogens is 2. The average Bonchev–Trinajstić information content (AvgIpc) is 2.76. The van der Waals surface area contributed by atoms with E-state index in [9.17, 15) is 0 Å². The SMILES string of the molecule is CC(C)C1CSC(=NCc2cccnn2)N1. The molecule has 1 aromatic heterocycles. The van der Waals surface area contributed by atoms with Gasteiger partial charge in [-0.15, -0.1) is 0 Å². The first-order valence-electron chi connectivity index (χ1n) is 5.46. The van der Waals surface area contributed by atoms with Gasteiger partial charge in [0, 0.05) is 18.0 Å². The Labute approximate surface area is 100.0 Å². The van der Waals surface area contributed by atoms with Crippen molar-refractivity contribution in [1.29, 1.82) is 0 Å². The summed E-state index contributed by atoms with van der Waals surface area (Å²) < 4.78 is 0. The molecule has 1 aliphatic rings. The highest BCUT2D eigenvalue weighted by molar-refractivity contribution is 8.14. The van der Waals surface area contributed by atoms with Crippen LogP contribution >= 0.6 is 11.8 Å². The van der Waals surface area contributed by atoms with Crippen molar-refractivity contribution in [3.8, 4) is 0 Å². The minimum absolute atomic E-state index is 0.547. The van der Waals surface area contributed by atoms with Crippen LogP contribution in [0.3, 0.4) is 0 Å². The van der Waals surface area contributed by atoms with E-state index in [0.29, 0.717) is 18.5 Å². The molecule has 16 heavy (non-hydrogen) atoms. The van der Waals surface area contributed by atoms with Crippen molar-refractivity contribution in [2.45, 2.75) is 26.4 Å². The highest BCUT2D eigenvalue weighted by atomic mass is 32.2. The normalized spacial score (nSPS) is 22.7. The maximum atomic E-state index is 4.49. The maximum Gasteiger partial charge on any atom is 0.157 e. The molecule has 86 valence electrons. The molecule has 1 aromatic rings. The third kappa shape index (κ3) is 2.95. The summed E-state index contributed by atoms with van der Waals surface area (Å²) in [6.45, 7) is 5.06. The minimum atomic E-state index is 0.547. The van der Waals surface area contributed by atoms with E-state index in [0.717, 1.165) is 16.6 Å². The smallest absolute Gasteiger partial charge is 0.157 e. The molecular formula is C11H16N4S. The van der Waals surface area contributed by atoms with E-state index < -0.39 is 0 Å². The van der Waals surface area contributed by atoms with Crippen molar-refractivity contribution in [2.24, 2.45) is 10.9 Å². The zero-order valence-electron chi connectivity index (χ0n) is 9.55. The number of aliphatic imine (C=N–C) groups is 1. The Hall–Kier alpha value is -1.10. The van der Waals surface area contributed by atoms with Crippen LogP contribution in [0, 0.1) is 5.92 Å². The van der Waals surface area contributed by atoms with E-state index in [-0.39, 0.29) is 0 Å². The van der Waals surface area contributed by atoms with Gasteiger partial charge in [-0.1, -0.05) is 25.6 Å². The molecule has 2 rings (SSSR count). The fourth-order valence-corrected chi connectivity index (χ4v) is 2.63. The second-order valence-corrected chi connectivity index (χ2v) is 5.15. The highest BCUT2D eigenvalue weighted by Crippen LogP contribution is 2.19. The quantitative estimate of drug-likeness (QED) is 0.867. The number of amidine groups is 1. The number of rotatable bonds is 3. The molecule has 5 heteroatoms. The number of nitrogens with one attached hydrogen (secondary N) is 1. The number of thioether (sulfide) groups is 1. The van der Waals surface area contributed by atoms with E-state index in [1.807, 2.05) is 12.1 Å². The predicted molar refractivity (Wildman–Crippen MR) is 67.4 cm³/mol. The molecule has 4 nitrogen and oxygen atoms in total. The predicted octanol–water partition coefficient (Wildman–Crippen LogP) is 1.69. The molecule has 2 heterocycles. The molecule has 1 aliphatic heterocycles. The van der Waals surface area contributed by atoms with Gasteiger partial charge in [0.1, 0.15) is 0 Å². The van der Waals surface area contributed by atoms with E-state index in [2.05, 4.69) is 34.4 Å². The molecule has 1 fully saturated rings. The molecule has 0 aromatic carbocycles. The second-order valence-electron chi connectivity index (χ2n) is 4.14. The van der Waals surface area contributed by atoms with Gasteiger partial charge in [0.15, 0.2) is 5.17 Å². The van der Waals surface area contributed by atoms with Crippen LogP contribution in [0.2, 0.25) is 0 Å². The van der Waals surface area contributed by atoms with Crippen molar-refractivity contribution in [1.82, 2.24) is 15.5 Å². The Morgan fingerprint density at radius 3 is 3.12 bits per heavy atom. The summed E-state index contributed by atoms with van der Waals surface area (Å²) in [4.78, 5) is 4.49. The maximum absolute atomic E-state index is 4.49. The molecule has 0 spiro atoms. The number of hydrogen-bond acceptors (Lipinski definition) is 4. The molecule has 0 saturated carbocycles. The molecule has 0 radical (unpaired) electrons. The van der Waals surface area contributed by atoms with Crippen molar-refractivity contribution in [2.75, 3.05) is 5.75 Å². The molecule has 1 N–H and O–H groups in total. The topological polar surface area (TPSA) is 50.2 Å². The molecule has 1 atom stereocenters. The van der Waals surface area contributed by atoms with Crippen LogP contribution in [-0.2, 0) is 6.54 Å². The van der Waals surface area contributed by atoms with E-state index in [1.165, 1.54) is 0 Å². The van der Waals surface area contributed by atoms with Gasteiger partial charge in [0.05, 0.1) is 12.2 Å². The molecule has 1 unspecified atom stereocenters. The van der Waals surface area contributed by atoms with Crippen LogP contribution in [0.4, 0.5) is 0 Å². The first-order chi connectivity index (χ1) is 7.75. The Morgan fingerprint density at radius 2 is 2.50 bits per heavy atom. The lowest BCUT2D eigenvalue weighted by atomic mass is 10.1. The van der Waals surface area contributed by atoms with E-state index >= 15 is 0 Å². The molecule has 0 aliphatic carbocycles. The standard InChI is InChI=1S/C11H16N4S/c1-8(2)10-7-16-11(14-10)12-6-9-4-3-5-13-15-9/h3-5,8,10H,6-7H2,1-2H3,(H,12,14). The van der Waals surface area contributed by atoms with Crippen LogP contribution in [0.15, 0.2) is 23.3 Å². The van der Waals surface area contributed by atoms with Gasteiger partial charge in [0.25, 0.3) is 0 Å². The van der Waals surface area contributed by atoms with Gasteiger partial charge in [-0.25, -0.2) is 0 Å². The summed E-state index contributed by atoms with van der Waals surface area (Å²) in [5.74, 6) is 1.76. The van der Waals surface area contributed by atoms with Crippen molar-refractivity contribution >= 4 is 16.9 Å². The van der Waals surface area contributed by atoms with E-state index in [4.69, 9.17) is 0 Å². The van der Waals surface area contributed by atoms with Crippen LogP contribution in [0.1, 0.15) is 19.5 Å². The second kappa shape index (κ2) is 5.30. The number of nitrogens with zero attached hydrogens (tertiary/aromatic N) is 3. The zero-order valence-corrected chi connectivity index (χ0v) is 10.4. The lowest BCUT2D eigenvalue weighted by Gasteiger charge is -2.12. The van der Waals surface area contributed by atoms with Crippen LogP contribution in [-0.4, -0.2) is 27.2 Å². The highest BCUT2D eigenvalue weighted by Gasteiger charge is 2.22. The number of hydrogen-bond donors (Lipinski definition) is 1. The first kappa shape index (κ1) is 11.4. The molecular weight excluding hydrogens is 220 g/mol. The van der Waals surface area contributed by atoms with Gasteiger partial charge in [-0.05, 0) is 18.1 Å².